The third-order valence-electron chi connectivity index (χ3n) is 2.24. The third kappa shape index (κ3) is 3.32. The number of hydrazine groups is 1. The number of halogens is 3. The zero-order valence-corrected chi connectivity index (χ0v) is 10.3. The smallest absolute Gasteiger partial charge is 0.416 e. The zero-order valence-electron chi connectivity index (χ0n) is 9.44. The SMILES string of the molecule is NNc1snnc1COc1ccc(C(F)(F)F)cc1. The lowest BCUT2D eigenvalue weighted by Crippen LogP contribution is -2.08. The lowest BCUT2D eigenvalue weighted by atomic mass is 10.2. The van der Waals surface area contributed by atoms with Crippen LogP contribution in [0.5, 0.6) is 5.75 Å². The number of nitrogen functional groups attached to an aromatic ring is 1. The fraction of sp³-hybridized carbons (Fsp3) is 0.200. The molecule has 0 atom stereocenters. The molecule has 0 amide bonds. The average Bonchev–Trinajstić information content (AvgIpc) is 2.83. The molecule has 0 aliphatic heterocycles. The van der Waals surface area contributed by atoms with Gasteiger partial charge in [-0.3, -0.25) is 0 Å². The second-order valence-corrected chi connectivity index (χ2v) is 4.26. The second kappa shape index (κ2) is 5.41. The van der Waals surface area contributed by atoms with Crippen LogP contribution < -0.4 is 16.0 Å². The molecule has 9 heteroatoms. The Balaban J connectivity index is 2.01. The maximum absolute atomic E-state index is 12.3. The summed E-state index contributed by atoms with van der Waals surface area (Å²) in [6.07, 6.45) is -4.35. The van der Waals surface area contributed by atoms with Crippen molar-refractivity contribution in [1.82, 2.24) is 9.59 Å². The molecule has 0 saturated heterocycles. The number of hydrogen-bond donors (Lipinski definition) is 2. The van der Waals surface area contributed by atoms with Gasteiger partial charge in [0, 0.05) is 11.5 Å². The van der Waals surface area contributed by atoms with Crippen molar-refractivity contribution in [3.8, 4) is 5.75 Å². The van der Waals surface area contributed by atoms with Crippen LogP contribution in [0.25, 0.3) is 0 Å². The zero-order chi connectivity index (χ0) is 13.9. The van der Waals surface area contributed by atoms with Crippen LogP contribution in [-0.2, 0) is 12.8 Å². The van der Waals surface area contributed by atoms with Crippen LogP contribution in [0.4, 0.5) is 18.2 Å². The highest BCUT2D eigenvalue weighted by Gasteiger charge is 2.30. The molecule has 0 radical (unpaired) electrons. The molecule has 1 aromatic heterocycles. The number of nitrogens with zero attached hydrogens (tertiary/aromatic N) is 2. The van der Waals surface area contributed by atoms with Crippen molar-refractivity contribution < 1.29 is 17.9 Å². The van der Waals surface area contributed by atoms with Gasteiger partial charge in [0.25, 0.3) is 0 Å². The van der Waals surface area contributed by atoms with Crippen LogP contribution in [0.2, 0.25) is 0 Å². The predicted molar refractivity (Wildman–Crippen MR) is 63.5 cm³/mol. The van der Waals surface area contributed by atoms with Crippen LogP contribution >= 0.6 is 11.5 Å². The first-order valence-corrected chi connectivity index (χ1v) is 5.86. The fourth-order valence-electron chi connectivity index (χ4n) is 1.30. The molecule has 19 heavy (non-hydrogen) atoms. The molecule has 2 aromatic rings. The van der Waals surface area contributed by atoms with E-state index in [2.05, 4.69) is 15.0 Å². The largest absolute Gasteiger partial charge is 0.487 e. The summed E-state index contributed by atoms with van der Waals surface area (Å²) in [5.41, 5.74) is 2.18. The Morgan fingerprint density at radius 2 is 1.95 bits per heavy atom. The highest BCUT2D eigenvalue weighted by molar-refractivity contribution is 7.10. The number of hydrogen-bond acceptors (Lipinski definition) is 6. The summed E-state index contributed by atoms with van der Waals surface area (Å²) >= 11 is 1.06. The number of ether oxygens (including phenoxy) is 1. The number of anilines is 1. The Morgan fingerprint density at radius 3 is 2.53 bits per heavy atom. The molecule has 0 aliphatic rings. The first-order chi connectivity index (χ1) is 9.00. The van der Waals surface area contributed by atoms with Crippen molar-refractivity contribution in [3.63, 3.8) is 0 Å². The van der Waals surface area contributed by atoms with Crippen LogP contribution in [0.15, 0.2) is 24.3 Å². The minimum atomic E-state index is -4.35. The van der Waals surface area contributed by atoms with Crippen molar-refractivity contribution in [2.45, 2.75) is 12.8 Å². The molecule has 5 nitrogen and oxygen atoms in total. The van der Waals surface area contributed by atoms with Gasteiger partial charge in [-0.05, 0) is 24.3 Å². The van der Waals surface area contributed by atoms with E-state index in [4.69, 9.17) is 10.6 Å². The average molecular weight is 290 g/mol. The van der Waals surface area contributed by atoms with Gasteiger partial charge in [0.1, 0.15) is 18.1 Å². The van der Waals surface area contributed by atoms with Crippen LogP contribution in [0, 0.1) is 0 Å². The quantitative estimate of drug-likeness (QED) is 0.668. The lowest BCUT2D eigenvalue weighted by molar-refractivity contribution is -0.137. The minimum absolute atomic E-state index is 0.0708. The van der Waals surface area contributed by atoms with Gasteiger partial charge >= 0.3 is 6.18 Å². The molecule has 0 bridgehead atoms. The van der Waals surface area contributed by atoms with E-state index in [1.807, 2.05) is 0 Å². The van der Waals surface area contributed by atoms with Gasteiger partial charge in [0.05, 0.1) is 5.56 Å². The number of alkyl halides is 3. The maximum atomic E-state index is 12.3. The van der Waals surface area contributed by atoms with Crippen LogP contribution in [0.1, 0.15) is 11.3 Å². The maximum Gasteiger partial charge on any atom is 0.416 e. The Kier molecular flexibility index (Phi) is 3.86. The molecule has 2 rings (SSSR count). The molecule has 0 saturated carbocycles. The molecule has 0 unspecified atom stereocenters. The van der Waals surface area contributed by atoms with Gasteiger partial charge in [-0.15, -0.1) is 5.10 Å². The number of benzene rings is 1. The topological polar surface area (TPSA) is 73.1 Å². The highest BCUT2D eigenvalue weighted by Crippen LogP contribution is 2.30. The van der Waals surface area contributed by atoms with Gasteiger partial charge < -0.3 is 10.2 Å². The molecule has 0 aliphatic carbocycles. The van der Waals surface area contributed by atoms with Crippen molar-refractivity contribution in [2.75, 3.05) is 5.43 Å². The minimum Gasteiger partial charge on any atom is -0.487 e. The second-order valence-electron chi connectivity index (χ2n) is 3.50. The van der Waals surface area contributed by atoms with Crippen molar-refractivity contribution in [2.24, 2.45) is 5.84 Å². The van der Waals surface area contributed by atoms with E-state index in [1.54, 1.807) is 0 Å². The van der Waals surface area contributed by atoms with E-state index < -0.39 is 11.7 Å². The summed E-state index contributed by atoms with van der Waals surface area (Å²) in [5.74, 6) is 5.54. The fourth-order valence-corrected chi connectivity index (χ4v) is 1.78. The Morgan fingerprint density at radius 1 is 1.26 bits per heavy atom. The predicted octanol–water partition coefficient (Wildman–Crippen LogP) is 2.42. The van der Waals surface area contributed by atoms with E-state index >= 15 is 0 Å². The Labute approximate surface area is 110 Å². The summed E-state index contributed by atoms with van der Waals surface area (Å²) in [4.78, 5) is 0. The molecule has 102 valence electrons. The van der Waals surface area contributed by atoms with Crippen molar-refractivity contribution >= 4 is 16.5 Å². The monoisotopic (exact) mass is 290 g/mol. The van der Waals surface area contributed by atoms with Crippen LogP contribution in [0.3, 0.4) is 0 Å². The van der Waals surface area contributed by atoms with E-state index in [0.29, 0.717) is 16.4 Å². The summed E-state index contributed by atoms with van der Waals surface area (Å²) in [7, 11) is 0. The number of rotatable bonds is 4. The molecule has 0 spiro atoms. The normalized spacial score (nSPS) is 11.4. The molecular formula is C10H9F3N4OS. The number of aromatic nitrogens is 2. The molecular weight excluding hydrogens is 281 g/mol. The lowest BCUT2D eigenvalue weighted by Gasteiger charge is -2.08. The van der Waals surface area contributed by atoms with Gasteiger partial charge in [-0.1, -0.05) is 4.49 Å². The summed E-state index contributed by atoms with van der Waals surface area (Å²) in [6, 6.07) is 4.41. The summed E-state index contributed by atoms with van der Waals surface area (Å²) in [6.45, 7) is 0.0708. The number of nitrogens with one attached hydrogen (secondary N) is 1. The van der Waals surface area contributed by atoms with E-state index in [1.165, 1.54) is 12.1 Å². The van der Waals surface area contributed by atoms with E-state index in [-0.39, 0.29) is 6.61 Å². The molecule has 0 fully saturated rings. The van der Waals surface area contributed by atoms with Gasteiger partial charge in [-0.2, -0.15) is 13.2 Å². The van der Waals surface area contributed by atoms with Gasteiger partial charge in [-0.25, -0.2) is 5.84 Å². The van der Waals surface area contributed by atoms with Crippen LogP contribution in [-0.4, -0.2) is 9.59 Å². The van der Waals surface area contributed by atoms with Gasteiger partial charge in [0.2, 0.25) is 0 Å². The number of nitrogens with two attached hydrogens (primary N) is 1. The standard InChI is InChI=1S/C10H9F3N4OS/c11-10(12,13)6-1-3-7(4-2-6)18-5-8-9(15-14)19-17-16-8/h1-4,15H,5,14H2. The molecule has 1 heterocycles. The molecule has 1 aromatic carbocycles. The van der Waals surface area contributed by atoms with Crippen molar-refractivity contribution in [1.29, 1.82) is 0 Å². The molecule has 3 N–H and O–H groups in total. The van der Waals surface area contributed by atoms with Crippen molar-refractivity contribution in [3.05, 3.63) is 35.5 Å². The third-order valence-corrected chi connectivity index (χ3v) is 2.94. The summed E-state index contributed by atoms with van der Waals surface area (Å²) < 4.78 is 46.0. The summed E-state index contributed by atoms with van der Waals surface area (Å²) in [5, 5.41) is 4.33. The Hall–Kier alpha value is -1.87. The van der Waals surface area contributed by atoms with E-state index in [9.17, 15) is 13.2 Å². The Bertz CT molecular complexity index is 540. The highest BCUT2D eigenvalue weighted by atomic mass is 32.1. The first kappa shape index (κ1) is 13.6. The first-order valence-electron chi connectivity index (χ1n) is 5.08. The van der Waals surface area contributed by atoms with E-state index in [0.717, 1.165) is 23.7 Å². The van der Waals surface area contributed by atoms with Gasteiger partial charge in [0.15, 0.2) is 5.00 Å².